The monoisotopic (exact) mass is 223 g/mol. The minimum Gasteiger partial charge on any atom is -0.508 e. The van der Waals surface area contributed by atoms with Gasteiger partial charge in [-0.05, 0) is 45.0 Å². The summed E-state index contributed by atoms with van der Waals surface area (Å²) in [5.74, 6) is 0.225. The molecule has 1 unspecified atom stereocenters. The molecule has 0 bridgehead atoms. The predicted octanol–water partition coefficient (Wildman–Crippen LogP) is 2.89. The van der Waals surface area contributed by atoms with E-state index in [2.05, 4.69) is 32.6 Å². The Balaban J connectivity index is 2.98. The molecule has 0 saturated heterocycles. The molecule has 0 heterocycles. The van der Waals surface area contributed by atoms with Crippen molar-refractivity contribution in [3.8, 4) is 11.5 Å². The van der Waals surface area contributed by atoms with Crippen LogP contribution in [0.15, 0.2) is 18.2 Å². The molecular weight excluding hydrogens is 202 g/mol. The van der Waals surface area contributed by atoms with Gasteiger partial charge >= 0.3 is 0 Å². The lowest BCUT2D eigenvalue weighted by atomic mass is 10.0. The molecular formula is C13H21NO2. The lowest BCUT2D eigenvalue weighted by Gasteiger charge is -2.31. The summed E-state index contributed by atoms with van der Waals surface area (Å²) in [6, 6.07) is 5.37. The van der Waals surface area contributed by atoms with Gasteiger partial charge in [0.05, 0.1) is 0 Å². The zero-order valence-electron chi connectivity index (χ0n) is 10.4. The summed E-state index contributed by atoms with van der Waals surface area (Å²) in [4.78, 5) is 2.30. The van der Waals surface area contributed by atoms with Crippen LogP contribution in [0.3, 0.4) is 0 Å². The van der Waals surface area contributed by atoms with Crippen molar-refractivity contribution in [2.24, 2.45) is 0 Å². The second kappa shape index (κ2) is 5.21. The van der Waals surface area contributed by atoms with Crippen LogP contribution in [-0.2, 0) is 0 Å². The first-order valence-corrected chi connectivity index (χ1v) is 5.74. The average molecular weight is 223 g/mol. The van der Waals surface area contributed by atoms with E-state index in [1.807, 2.05) is 0 Å². The topological polar surface area (TPSA) is 43.7 Å². The van der Waals surface area contributed by atoms with Crippen molar-refractivity contribution in [3.63, 3.8) is 0 Å². The zero-order valence-corrected chi connectivity index (χ0v) is 10.4. The first kappa shape index (κ1) is 12.8. The second-order valence-electron chi connectivity index (χ2n) is 4.38. The van der Waals surface area contributed by atoms with E-state index in [4.69, 9.17) is 0 Å². The molecule has 16 heavy (non-hydrogen) atoms. The molecule has 0 radical (unpaired) electrons. The number of benzene rings is 1. The van der Waals surface area contributed by atoms with Gasteiger partial charge < -0.3 is 10.2 Å². The molecule has 3 nitrogen and oxygen atoms in total. The molecule has 3 heteroatoms. The van der Waals surface area contributed by atoms with Crippen molar-refractivity contribution in [3.05, 3.63) is 23.8 Å². The Kier molecular flexibility index (Phi) is 4.19. The van der Waals surface area contributed by atoms with E-state index in [1.165, 1.54) is 6.07 Å². The van der Waals surface area contributed by atoms with E-state index in [-0.39, 0.29) is 17.5 Å². The quantitative estimate of drug-likeness (QED) is 0.825. The fourth-order valence-electron chi connectivity index (χ4n) is 2.14. The number of aromatic hydroxyl groups is 2. The van der Waals surface area contributed by atoms with Crippen molar-refractivity contribution in [2.45, 2.75) is 39.8 Å². The summed E-state index contributed by atoms with van der Waals surface area (Å²) >= 11 is 0. The third-order valence-electron chi connectivity index (χ3n) is 2.93. The number of phenols is 2. The number of phenolic OH excluding ortho intramolecular Hbond substituents is 2. The molecule has 0 fully saturated rings. The lowest BCUT2D eigenvalue weighted by Crippen LogP contribution is -2.33. The van der Waals surface area contributed by atoms with Crippen LogP contribution >= 0.6 is 0 Å². The van der Waals surface area contributed by atoms with Crippen LogP contribution in [-0.4, -0.2) is 27.7 Å². The van der Waals surface area contributed by atoms with Crippen LogP contribution in [0.25, 0.3) is 0 Å². The van der Waals surface area contributed by atoms with Gasteiger partial charge in [0.1, 0.15) is 11.5 Å². The molecule has 90 valence electrons. The van der Waals surface area contributed by atoms with Crippen LogP contribution in [0.4, 0.5) is 0 Å². The van der Waals surface area contributed by atoms with E-state index in [0.717, 1.165) is 12.1 Å². The van der Waals surface area contributed by atoms with Crippen molar-refractivity contribution >= 4 is 0 Å². The Labute approximate surface area is 97.3 Å². The van der Waals surface area contributed by atoms with Crippen molar-refractivity contribution in [1.82, 2.24) is 4.90 Å². The van der Waals surface area contributed by atoms with Gasteiger partial charge in [0.25, 0.3) is 0 Å². The Hall–Kier alpha value is -1.22. The standard InChI is InChI=1S/C13H21NO2/c1-5-14(9(2)3)10(4)11-6-12(15)8-13(16)7-11/h6-10,15-16H,5H2,1-4H3. The smallest absolute Gasteiger partial charge is 0.119 e. The molecule has 2 N–H and O–H groups in total. The van der Waals surface area contributed by atoms with E-state index in [1.54, 1.807) is 12.1 Å². The van der Waals surface area contributed by atoms with Gasteiger partial charge in [0, 0.05) is 18.2 Å². The third kappa shape index (κ3) is 2.89. The number of hydrogen-bond donors (Lipinski definition) is 2. The number of rotatable bonds is 4. The highest BCUT2D eigenvalue weighted by Crippen LogP contribution is 2.28. The molecule has 0 saturated carbocycles. The highest BCUT2D eigenvalue weighted by atomic mass is 16.3. The first-order valence-electron chi connectivity index (χ1n) is 5.74. The Morgan fingerprint density at radius 2 is 1.56 bits per heavy atom. The molecule has 1 aromatic rings. The average Bonchev–Trinajstić information content (AvgIpc) is 2.16. The fourth-order valence-corrected chi connectivity index (χ4v) is 2.14. The molecule has 0 amide bonds. The van der Waals surface area contributed by atoms with Crippen LogP contribution in [0.1, 0.15) is 39.3 Å². The van der Waals surface area contributed by atoms with E-state index in [0.29, 0.717) is 6.04 Å². The van der Waals surface area contributed by atoms with E-state index < -0.39 is 0 Å². The maximum atomic E-state index is 9.46. The SMILES string of the molecule is CCN(C(C)C)C(C)c1cc(O)cc(O)c1. The van der Waals surface area contributed by atoms with Gasteiger partial charge in [-0.3, -0.25) is 4.90 Å². The van der Waals surface area contributed by atoms with Crippen LogP contribution in [0.5, 0.6) is 11.5 Å². The van der Waals surface area contributed by atoms with Crippen LogP contribution in [0.2, 0.25) is 0 Å². The fraction of sp³-hybridized carbons (Fsp3) is 0.538. The summed E-state index contributed by atoms with van der Waals surface area (Å²) in [6.45, 7) is 9.41. The van der Waals surface area contributed by atoms with Crippen LogP contribution in [0, 0.1) is 0 Å². The summed E-state index contributed by atoms with van der Waals surface area (Å²) in [5.41, 5.74) is 0.938. The van der Waals surface area contributed by atoms with Gasteiger partial charge in [0.15, 0.2) is 0 Å². The summed E-state index contributed by atoms with van der Waals surface area (Å²) in [5, 5.41) is 18.9. The van der Waals surface area contributed by atoms with Gasteiger partial charge in [-0.15, -0.1) is 0 Å². The van der Waals surface area contributed by atoms with E-state index >= 15 is 0 Å². The largest absolute Gasteiger partial charge is 0.508 e. The summed E-state index contributed by atoms with van der Waals surface area (Å²) in [7, 11) is 0. The molecule has 0 aromatic heterocycles. The van der Waals surface area contributed by atoms with E-state index in [9.17, 15) is 10.2 Å². The summed E-state index contributed by atoms with van der Waals surface area (Å²) < 4.78 is 0. The second-order valence-corrected chi connectivity index (χ2v) is 4.38. The zero-order chi connectivity index (χ0) is 12.3. The summed E-state index contributed by atoms with van der Waals surface area (Å²) in [6.07, 6.45) is 0. The van der Waals surface area contributed by atoms with Gasteiger partial charge in [0.2, 0.25) is 0 Å². The van der Waals surface area contributed by atoms with Gasteiger partial charge in [-0.1, -0.05) is 6.92 Å². The maximum Gasteiger partial charge on any atom is 0.119 e. The Morgan fingerprint density at radius 1 is 1.06 bits per heavy atom. The molecule has 0 aliphatic carbocycles. The molecule has 0 aliphatic rings. The molecule has 0 spiro atoms. The van der Waals surface area contributed by atoms with Gasteiger partial charge in [-0.2, -0.15) is 0 Å². The van der Waals surface area contributed by atoms with Crippen LogP contribution < -0.4 is 0 Å². The Bertz CT molecular complexity index is 330. The maximum absolute atomic E-state index is 9.46. The minimum atomic E-state index is 0.113. The molecule has 1 atom stereocenters. The first-order chi connectivity index (χ1) is 7.45. The van der Waals surface area contributed by atoms with Crippen molar-refractivity contribution in [2.75, 3.05) is 6.54 Å². The highest BCUT2D eigenvalue weighted by Gasteiger charge is 2.17. The lowest BCUT2D eigenvalue weighted by molar-refractivity contribution is 0.174. The molecule has 1 aromatic carbocycles. The minimum absolute atomic E-state index is 0.113. The number of nitrogens with zero attached hydrogens (tertiary/aromatic N) is 1. The van der Waals surface area contributed by atoms with Gasteiger partial charge in [-0.25, -0.2) is 0 Å². The third-order valence-corrected chi connectivity index (χ3v) is 2.93. The molecule has 0 aliphatic heterocycles. The number of hydrogen-bond acceptors (Lipinski definition) is 3. The molecule has 1 rings (SSSR count). The highest BCUT2D eigenvalue weighted by molar-refractivity contribution is 5.38. The van der Waals surface area contributed by atoms with Crippen molar-refractivity contribution < 1.29 is 10.2 Å². The normalized spacial score (nSPS) is 13.4. The Morgan fingerprint density at radius 3 is 1.94 bits per heavy atom. The van der Waals surface area contributed by atoms with Crippen molar-refractivity contribution in [1.29, 1.82) is 0 Å². The predicted molar refractivity (Wildman–Crippen MR) is 65.7 cm³/mol.